The van der Waals surface area contributed by atoms with Gasteiger partial charge in [0.25, 0.3) is 5.91 Å². The Hall–Kier alpha value is -2.50. The first-order valence-corrected chi connectivity index (χ1v) is 11.5. The van der Waals surface area contributed by atoms with Crippen LogP contribution in [0.3, 0.4) is 0 Å². The highest BCUT2D eigenvalue weighted by molar-refractivity contribution is 7.51. The highest BCUT2D eigenvalue weighted by Gasteiger charge is 2.31. The number of carbonyl (C=O) groups is 1. The van der Waals surface area contributed by atoms with E-state index in [1.165, 1.54) is 0 Å². The summed E-state index contributed by atoms with van der Waals surface area (Å²) in [5.74, 6) is 0.0831. The van der Waals surface area contributed by atoms with Gasteiger partial charge in [-0.05, 0) is 39.8 Å². The van der Waals surface area contributed by atoms with E-state index in [0.29, 0.717) is 20.7 Å². The lowest BCUT2D eigenvalue weighted by Crippen LogP contribution is -2.54. The van der Waals surface area contributed by atoms with Gasteiger partial charge in [0.05, 0.1) is 40.3 Å². The molecule has 1 saturated heterocycles. The maximum Gasteiger partial charge on any atom is 0.252 e. The van der Waals surface area contributed by atoms with Crippen molar-refractivity contribution in [1.29, 1.82) is 0 Å². The highest BCUT2D eigenvalue weighted by atomic mass is 31.1. The zero-order chi connectivity index (χ0) is 21.0. The molecule has 3 aliphatic rings. The Balaban J connectivity index is 1.42. The lowest BCUT2D eigenvalue weighted by molar-refractivity contribution is -0.123. The molecule has 8 heteroatoms. The Bertz CT molecular complexity index is 1110. The molecule has 1 amide bonds. The molecule has 7 nitrogen and oxygen atoms in total. The number of fused-ring (bicyclic) bond motifs is 2. The summed E-state index contributed by atoms with van der Waals surface area (Å²) in [7, 11) is 0.461. The fraction of sp³-hybridized carbons (Fsp3) is 0.409. The van der Waals surface area contributed by atoms with Crippen molar-refractivity contribution >= 4 is 25.3 Å². The Morgan fingerprint density at radius 1 is 1.20 bits per heavy atom. The van der Waals surface area contributed by atoms with Gasteiger partial charge in [-0.15, -0.1) is 0 Å². The van der Waals surface area contributed by atoms with Crippen molar-refractivity contribution in [2.45, 2.75) is 45.6 Å². The average molecular weight is 422 g/mol. The van der Waals surface area contributed by atoms with Crippen LogP contribution in [0.2, 0.25) is 0 Å². The first-order chi connectivity index (χ1) is 14.4. The van der Waals surface area contributed by atoms with Crippen molar-refractivity contribution in [1.82, 2.24) is 29.7 Å². The van der Waals surface area contributed by atoms with Crippen LogP contribution in [0.5, 0.6) is 0 Å². The van der Waals surface area contributed by atoms with Crippen LogP contribution in [-0.4, -0.2) is 61.3 Å². The number of hydrogen-bond donors (Lipinski definition) is 1. The third kappa shape index (κ3) is 3.46. The Kier molecular flexibility index (Phi) is 4.75. The second-order valence-electron chi connectivity index (χ2n) is 8.51. The molecule has 4 atom stereocenters. The van der Waals surface area contributed by atoms with E-state index in [1.54, 1.807) is 6.08 Å². The maximum absolute atomic E-state index is 13.0. The molecular weight excluding hydrogens is 395 g/mol. The number of allylic oxidation sites excluding steroid dienone is 1. The summed E-state index contributed by atoms with van der Waals surface area (Å²) in [4.78, 5) is 21.8. The van der Waals surface area contributed by atoms with Crippen LogP contribution < -0.4 is 5.32 Å². The molecule has 2 aromatic rings. The van der Waals surface area contributed by atoms with E-state index in [4.69, 9.17) is 5.10 Å². The molecule has 1 fully saturated rings. The van der Waals surface area contributed by atoms with Crippen molar-refractivity contribution in [2.24, 2.45) is 0 Å². The molecule has 2 aromatic heterocycles. The van der Waals surface area contributed by atoms with E-state index in [1.807, 2.05) is 41.7 Å². The molecule has 0 aromatic carbocycles. The number of carbonyl (C=O) groups excluding carboxylic acids is 1. The predicted octanol–water partition coefficient (Wildman–Crippen LogP) is 2.63. The monoisotopic (exact) mass is 422 g/mol. The molecular formula is C22H27N6OP. The molecule has 3 unspecified atom stereocenters. The summed E-state index contributed by atoms with van der Waals surface area (Å²) in [6.45, 7) is 10.3. The molecule has 3 aliphatic heterocycles. The van der Waals surface area contributed by atoms with Gasteiger partial charge in [0, 0.05) is 42.8 Å². The van der Waals surface area contributed by atoms with Crippen LogP contribution in [0, 0.1) is 13.8 Å². The fourth-order valence-electron chi connectivity index (χ4n) is 4.56. The Morgan fingerprint density at radius 2 is 1.97 bits per heavy atom. The number of piperazine rings is 1. The van der Waals surface area contributed by atoms with Gasteiger partial charge in [0.1, 0.15) is 0 Å². The lowest BCUT2D eigenvalue weighted by atomic mass is 10.1. The third-order valence-electron chi connectivity index (χ3n) is 5.80. The zero-order valence-electron chi connectivity index (χ0n) is 17.8. The normalized spacial score (nSPS) is 27.5. The molecule has 0 aliphatic carbocycles. The van der Waals surface area contributed by atoms with Crippen LogP contribution >= 0.6 is 8.58 Å². The van der Waals surface area contributed by atoms with Gasteiger partial charge in [-0.1, -0.05) is 14.7 Å². The fourth-order valence-corrected chi connectivity index (χ4v) is 5.89. The number of rotatable bonds is 2. The zero-order valence-corrected chi connectivity index (χ0v) is 18.8. The number of hydrogen-bond acceptors (Lipinski definition) is 5. The van der Waals surface area contributed by atoms with E-state index < -0.39 is 0 Å². The van der Waals surface area contributed by atoms with Gasteiger partial charge in [-0.3, -0.25) is 9.78 Å². The van der Waals surface area contributed by atoms with Gasteiger partial charge in [-0.25, -0.2) is 4.52 Å². The summed E-state index contributed by atoms with van der Waals surface area (Å²) in [5.41, 5.74) is 4.85. The molecule has 30 heavy (non-hydrogen) atoms. The molecule has 0 bridgehead atoms. The largest absolute Gasteiger partial charge is 0.367 e. The van der Waals surface area contributed by atoms with Crippen LogP contribution in [0.25, 0.3) is 10.8 Å². The number of nitrogens with zero attached hydrogens (tertiary/aromatic N) is 5. The topological polar surface area (TPSA) is 65.8 Å². The highest BCUT2D eigenvalue weighted by Crippen LogP contribution is 2.44. The molecule has 0 spiro atoms. The van der Waals surface area contributed by atoms with Crippen molar-refractivity contribution in [3.63, 3.8) is 0 Å². The summed E-state index contributed by atoms with van der Waals surface area (Å²) < 4.78 is 1.87. The van der Waals surface area contributed by atoms with Gasteiger partial charge in [0.2, 0.25) is 0 Å². The van der Waals surface area contributed by atoms with Gasteiger partial charge in [0.15, 0.2) is 0 Å². The minimum atomic E-state index is 0.0231. The van der Waals surface area contributed by atoms with Gasteiger partial charge < -0.3 is 15.1 Å². The summed E-state index contributed by atoms with van der Waals surface area (Å²) in [6.07, 6.45) is 10.1. The predicted molar refractivity (Wildman–Crippen MR) is 120 cm³/mol. The van der Waals surface area contributed by atoms with Crippen LogP contribution in [0.15, 0.2) is 42.4 Å². The maximum atomic E-state index is 13.0. The van der Waals surface area contributed by atoms with E-state index >= 15 is 0 Å². The number of nitrogens with one attached hydrogen (secondary N) is 1. The van der Waals surface area contributed by atoms with E-state index in [2.05, 4.69) is 41.2 Å². The van der Waals surface area contributed by atoms with Crippen LogP contribution in [0.1, 0.15) is 30.9 Å². The second-order valence-corrected chi connectivity index (χ2v) is 9.93. The van der Waals surface area contributed by atoms with Crippen molar-refractivity contribution in [3.05, 3.63) is 59.5 Å². The quantitative estimate of drug-likeness (QED) is 0.754. The van der Waals surface area contributed by atoms with Gasteiger partial charge >= 0.3 is 0 Å². The molecule has 0 saturated carbocycles. The minimum Gasteiger partial charge on any atom is -0.367 e. The number of aromatic nitrogens is 3. The first kappa shape index (κ1) is 19.5. The van der Waals surface area contributed by atoms with Crippen molar-refractivity contribution in [3.8, 4) is 0 Å². The molecule has 5 heterocycles. The second kappa shape index (κ2) is 7.33. The minimum absolute atomic E-state index is 0.0231. The molecule has 156 valence electrons. The van der Waals surface area contributed by atoms with Gasteiger partial charge in [-0.2, -0.15) is 5.10 Å². The SMILES string of the molecule is Cc1cn2nc(C3=CC(=O)N4C=C(N5CC(C)N[C@@H](C)C5)C=CC4P3)cc2c(C)n1. The van der Waals surface area contributed by atoms with Crippen LogP contribution in [-0.2, 0) is 4.79 Å². The number of aryl methyl sites for hydroxylation is 2. The van der Waals surface area contributed by atoms with E-state index in [-0.39, 0.29) is 11.7 Å². The smallest absolute Gasteiger partial charge is 0.252 e. The Morgan fingerprint density at radius 3 is 2.73 bits per heavy atom. The third-order valence-corrected chi connectivity index (χ3v) is 7.28. The molecule has 5 rings (SSSR count). The number of amides is 1. The summed E-state index contributed by atoms with van der Waals surface area (Å²) in [5, 5.41) is 9.29. The lowest BCUT2D eigenvalue weighted by Gasteiger charge is -2.41. The van der Waals surface area contributed by atoms with Crippen LogP contribution in [0.4, 0.5) is 0 Å². The van der Waals surface area contributed by atoms with Crippen molar-refractivity contribution < 1.29 is 4.79 Å². The standard InChI is InChI=1S/C22H27N6OP/c1-13-9-26(10-14(2)23-13)17-5-6-22-27(12-17)21(29)8-20(30-22)18-7-19-16(4)24-15(3)11-28(19)25-18/h5-8,11-14,22-23,30H,9-10H2,1-4H3/t13-,14?,22?/m0/s1. The summed E-state index contributed by atoms with van der Waals surface area (Å²) >= 11 is 0. The Labute approximate surface area is 178 Å². The molecule has 0 radical (unpaired) electrons. The molecule has 1 N–H and O–H groups in total. The van der Waals surface area contributed by atoms with E-state index in [0.717, 1.165) is 46.7 Å². The van der Waals surface area contributed by atoms with Crippen molar-refractivity contribution in [2.75, 3.05) is 13.1 Å². The average Bonchev–Trinajstić information content (AvgIpc) is 3.11. The first-order valence-electron chi connectivity index (χ1n) is 10.4. The van der Waals surface area contributed by atoms with E-state index in [9.17, 15) is 4.79 Å². The summed E-state index contributed by atoms with van der Waals surface area (Å²) in [6, 6.07) is 2.91.